The molecule has 0 fully saturated rings. The zero-order valence-corrected chi connectivity index (χ0v) is 12.9. The van der Waals surface area contributed by atoms with Crippen LogP contribution in [0, 0.1) is 6.07 Å². The van der Waals surface area contributed by atoms with Crippen molar-refractivity contribution < 1.29 is 32.7 Å². The number of nitrogens with zero attached hydrogens (tertiary/aromatic N) is 1. The van der Waals surface area contributed by atoms with E-state index in [1.807, 2.05) is 39.0 Å². The maximum Gasteiger partial charge on any atom is 0 e. The van der Waals surface area contributed by atoms with Crippen molar-refractivity contribution in [2.45, 2.75) is 20.8 Å². The molecule has 0 aliphatic carbocycles. The molecule has 0 saturated carbocycles. The van der Waals surface area contributed by atoms with E-state index in [1.165, 1.54) is 5.56 Å². The molecule has 0 saturated heterocycles. The van der Waals surface area contributed by atoms with Gasteiger partial charge in [0.15, 0.2) is 0 Å². The van der Waals surface area contributed by atoms with Crippen LogP contribution in [-0.4, -0.2) is 4.98 Å². The fourth-order valence-electron chi connectivity index (χ4n) is 1.34. The fourth-order valence-corrected chi connectivity index (χ4v) is 1.34. The quantitative estimate of drug-likeness (QED) is 0.720. The first-order chi connectivity index (χ1) is 7.40. The number of rotatable bonds is 1. The molecular formula is C14H16NY-. The largest absolute Gasteiger partial charge is 0.296 e. The van der Waals surface area contributed by atoms with Crippen molar-refractivity contribution in [1.82, 2.24) is 4.98 Å². The van der Waals surface area contributed by atoms with Crippen molar-refractivity contribution in [3.05, 3.63) is 48.2 Å². The van der Waals surface area contributed by atoms with Gasteiger partial charge in [0.1, 0.15) is 0 Å². The van der Waals surface area contributed by atoms with E-state index < -0.39 is 0 Å². The molecule has 1 nitrogen and oxygen atoms in total. The Labute approximate surface area is 123 Å². The van der Waals surface area contributed by atoms with Crippen molar-refractivity contribution in [2.75, 3.05) is 0 Å². The van der Waals surface area contributed by atoms with Crippen molar-refractivity contribution >= 4 is 17.0 Å². The number of hydrogen-bond acceptors (Lipinski definition) is 1. The number of allylic oxidation sites excluding steroid dienone is 1. The minimum atomic E-state index is 0. The van der Waals surface area contributed by atoms with Crippen LogP contribution < -0.4 is 0 Å². The zero-order chi connectivity index (χ0) is 11.1. The van der Waals surface area contributed by atoms with Crippen LogP contribution in [0.25, 0.3) is 17.0 Å². The molecule has 2 heteroatoms. The molecule has 16 heavy (non-hydrogen) atoms. The summed E-state index contributed by atoms with van der Waals surface area (Å²) in [7, 11) is 0. The predicted octanol–water partition coefficient (Wildman–Crippen LogP) is 4.09. The van der Waals surface area contributed by atoms with Crippen LogP contribution in [-0.2, 0) is 32.7 Å². The second-order valence-electron chi connectivity index (χ2n) is 2.89. The van der Waals surface area contributed by atoms with E-state index in [2.05, 4.69) is 29.3 Å². The van der Waals surface area contributed by atoms with Crippen molar-refractivity contribution in [3.63, 3.8) is 0 Å². The fraction of sp³-hybridized carbons (Fsp3) is 0.214. The molecule has 1 aromatic heterocycles. The molecule has 0 atom stereocenters. The van der Waals surface area contributed by atoms with E-state index in [9.17, 15) is 0 Å². The van der Waals surface area contributed by atoms with Crippen LogP contribution in [0.15, 0.2) is 36.5 Å². The third kappa shape index (κ3) is 4.15. The molecule has 0 spiro atoms. The molecule has 0 aliphatic heterocycles. The van der Waals surface area contributed by atoms with Gasteiger partial charge in [-0.15, -0.1) is 11.5 Å². The summed E-state index contributed by atoms with van der Waals surface area (Å²) in [5.41, 5.74) is 2.23. The average Bonchev–Trinajstić information content (AvgIpc) is 2.32. The molecule has 2 rings (SSSR count). The third-order valence-electron chi connectivity index (χ3n) is 1.93. The Morgan fingerprint density at radius 1 is 1.25 bits per heavy atom. The van der Waals surface area contributed by atoms with Crippen molar-refractivity contribution in [2.24, 2.45) is 0 Å². The first-order valence-electron chi connectivity index (χ1n) is 5.29. The molecular weight excluding hydrogens is 271 g/mol. The zero-order valence-electron chi connectivity index (χ0n) is 10.1. The molecule has 0 aliphatic rings. The SMILES string of the molecule is C/C=C\c1ccc2nc[c-]cc2c1.CC.[Y]. The van der Waals surface area contributed by atoms with E-state index in [4.69, 9.17) is 0 Å². The maximum absolute atomic E-state index is 4.20. The van der Waals surface area contributed by atoms with Gasteiger partial charge in [0.05, 0.1) is 0 Å². The van der Waals surface area contributed by atoms with E-state index in [1.54, 1.807) is 6.20 Å². The molecule has 81 valence electrons. The Hall–Kier alpha value is -0.526. The number of benzene rings is 1. The van der Waals surface area contributed by atoms with Crippen LogP contribution in [0.5, 0.6) is 0 Å². The maximum atomic E-state index is 4.20. The van der Waals surface area contributed by atoms with Gasteiger partial charge >= 0.3 is 0 Å². The summed E-state index contributed by atoms with van der Waals surface area (Å²) in [5, 5.41) is 1.14. The Kier molecular flexibility index (Phi) is 8.32. The second-order valence-corrected chi connectivity index (χ2v) is 2.89. The molecule has 2 aromatic rings. The number of aromatic nitrogens is 1. The first-order valence-corrected chi connectivity index (χ1v) is 5.29. The topological polar surface area (TPSA) is 12.9 Å². The summed E-state index contributed by atoms with van der Waals surface area (Å²) in [5.74, 6) is 0. The van der Waals surface area contributed by atoms with Gasteiger partial charge in [-0.25, -0.2) is 12.1 Å². The molecule has 1 heterocycles. The number of hydrogen-bond donors (Lipinski definition) is 0. The van der Waals surface area contributed by atoms with Crippen LogP contribution in [0.4, 0.5) is 0 Å². The Morgan fingerprint density at radius 3 is 2.69 bits per heavy atom. The van der Waals surface area contributed by atoms with Crippen molar-refractivity contribution in [1.29, 1.82) is 0 Å². The summed E-state index contributed by atoms with van der Waals surface area (Å²) >= 11 is 0. The van der Waals surface area contributed by atoms with Gasteiger partial charge in [-0.2, -0.15) is 0 Å². The predicted molar refractivity (Wildman–Crippen MR) is 66.6 cm³/mol. The third-order valence-corrected chi connectivity index (χ3v) is 1.93. The monoisotopic (exact) mass is 287 g/mol. The Morgan fingerprint density at radius 2 is 2.00 bits per heavy atom. The normalized spacial score (nSPS) is 9.44. The van der Waals surface area contributed by atoms with Crippen LogP contribution in [0.2, 0.25) is 0 Å². The van der Waals surface area contributed by atoms with Gasteiger partial charge < -0.3 is 0 Å². The van der Waals surface area contributed by atoms with Gasteiger partial charge in [-0.05, 0) is 18.0 Å². The number of fused-ring (bicyclic) bond motifs is 1. The minimum absolute atomic E-state index is 0. The van der Waals surface area contributed by atoms with Gasteiger partial charge in [0, 0.05) is 32.7 Å². The first kappa shape index (κ1) is 15.5. The van der Waals surface area contributed by atoms with Gasteiger partial charge in [0.25, 0.3) is 0 Å². The smallest absolute Gasteiger partial charge is 0 e. The molecule has 0 unspecified atom stereocenters. The minimum Gasteiger partial charge on any atom is -0.296 e. The summed E-state index contributed by atoms with van der Waals surface area (Å²) < 4.78 is 0. The number of pyridine rings is 1. The molecule has 1 radical (unpaired) electrons. The van der Waals surface area contributed by atoms with Gasteiger partial charge in [-0.1, -0.05) is 44.3 Å². The van der Waals surface area contributed by atoms with E-state index in [0.717, 1.165) is 10.9 Å². The van der Waals surface area contributed by atoms with E-state index in [-0.39, 0.29) is 32.7 Å². The average molecular weight is 287 g/mol. The summed E-state index contributed by atoms with van der Waals surface area (Å²) in [4.78, 5) is 4.20. The van der Waals surface area contributed by atoms with Gasteiger partial charge in [0.2, 0.25) is 0 Å². The standard InChI is InChI=1S/C12H10N.C2H6.Y/c1-2-4-10-6-7-12-11(9-10)5-3-8-13-12;1-2;/h2,4-9H,1H3;1-2H3;/q-1;;/b4-2-;;. The molecule has 0 amide bonds. The van der Waals surface area contributed by atoms with Crippen molar-refractivity contribution in [3.8, 4) is 0 Å². The van der Waals surface area contributed by atoms with Crippen LogP contribution >= 0.6 is 0 Å². The van der Waals surface area contributed by atoms with Crippen LogP contribution in [0.1, 0.15) is 26.3 Å². The molecule has 0 N–H and O–H groups in total. The van der Waals surface area contributed by atoms with E-state index >= 15 is 0 Å². The summed E-state index contributed by atoms with van der Waals surface area (Å²) in [6, 6.07) is 11.1. The summed E-state index contributed by atoms with van der Waals surface area (Å²) in [6.07, 6.45) is 5.80. The van der Waals surface area contributed by atoms with E-state index in [0.29, 0.717) is 0 Å². The summed E-state index contributed by atoms with van der Waals surface area (Å²) in [6.45, 7) is 6.01. The second kappa shape index (κ2) is 8.61. The molecule has 1 aromatic carbocycles. The molecule has 0 bridgehead atoms. The van der Waals surface area contributed by atoms with Crippen LogP contribution in [0.3, 0.4) is 0 Å². The Bertz CT molecular complexity index is 449. The Balaban J connectivity index is 0.000000711. The van der Waals surface area contributed by atoms with Gasteiger partial charge in [-0.3, -0.25) is 4.98 Å².